The smallest absolute Gasteiger partial charge is 0.264 e. The second-order valence-electron chi connectivity index (χ2n) is 6.62. The number of methoxy groups -OCH3 is 2. The molecule has 0 atom stereocenters. The van der Waals surface area contributed by atoms with E-state index >= 15 is 0 Å². The summed E-state index contributed by atoms with van der Waals surface area (Å²) in [7, 11) is 2.96. The Morgan fingerprint density at radius 1 is 0.969 bits per heavy atom. The van der Waals surface area contributed by atoms with Crippen LogP contribution in [0.1, 0.15) is 10.4 Å². The molecule has 0 unspecified atom stereocenters. The number of ether oxygens (including phenoxy) is 2. The Hall–Kier alpha value is -3.69. The topological polar surface area (TPSA) is 90.3 Å². The zero-order valence-electron chi connectivity index (χ0n) is 17.1. The molecule has 3 aromatic carbocycles. The van der Waals surface area contributed by atoms with Gasteiger partial charge < -0.3 is 14.8 Å². The lowest BCUT2D eigenvalue weighted by atomic mass is 10.1. The van der Waals surface area contributed by atoms with Crippen molar-refractivity contribution in [2.24, 2.45) is 0 Å². The van der Waals surface area contributed by atoms with E-state index in [4.69, 9.17) is 33.3 Å². The van der Waals surface area contributed by atoms with Crippen molar-refractivity contribution in [2.45, 2.75) is 0 Å². The Labute approximate surface area is 194 Å². The molecule has 1 heterocycles. The molecule has 1 amide bonds. The number of hydrogen-bond donors (Lipinski definition) is 2. The zero-order valence-corrected chi connectivity index (χ0v) is 18.7. The van der Waals surface area contributed by atoms with Crippen LogP contribution >= 0.6 is 23.8 Å². The average Bonchev–Trinajstić information content (AvgIpc) is 3.22. The third kappa shape index (κ3) is 4.48. The first-order chi connectivity index (χ1) is 15.5. The van der Waals surface area contributed by atoms with Gasteiger partial charge in [-0.2, -0.15) is 4.80 Å². The summed E-state index contributed by atoms with van der Waals surface area (Å²) in [6.07, 6.45) is 0. The van der Waals surface area contributed by atoms with E-state index in [0.717, 1.165) is 5.69 Å². The first-order valence-corrected chi connectivity index (χ1v) is 10.2. The second kappa shape index (κ2) is 9.21. The molecule has 0 aliphatic rings. The summed E-state index contributed by atoms with van der Waals surface area (Å²) in [5.41, 5.74) is 3.05. The summed E-state index contributed by atoms with van der Waals surface area (Å²) in [6.45, 7) is 0. The molecule has 0 aliphatic heterocycles. The summed E-state index contributed by atoms with van der Waals surface area (Å²) in [5, 5.41) is 15.3. The number of carbonyl (C=O) groups is 1. The van der Waals surface area contributed by atoms with Gasteiger partial charge in [-0.05, 0) is 66.8 Å². The van der Waals surface area contributed by atoms with E-state index in [1.165, 1.54) is 19.0 Å². The Balaban J connectivity index is 1.50. The SMILES string of the molecule is COc1cccc(OC)c1C(=O)NC(=S)Nc1ccc2nn(-c3ccc(Cl)cc3)nc2c1. The van der Waals surface area contributed by atoms with Crippen LogP contribution in [0.25, 0.3) is 16.7 Å². The second-order valence-corrected chi connectivity index (χ2v) is 7.46. The number of thiocarbonyl (C=S) groups is 1. The number of fused-ring (bicyclic) bond motifs is 1. The summed E-state index contributed by atoms with van der Waals surface area (Å²) in [5.74, 6) is 0.307. The van der Waals surface area contributed by atoms with Gasteiger partial charge in [0, 0.05) is 10.7 Å². The zero-order chi connectivity index (χ0) is 22.7. The molecule has 10 heteroatoms. The number of nitrogens with zero attached hydrogens (tertiary/aromatic N) is 3. The molecule has 0 fully saturated rings. The first kappa shape index (κ1) is 21.5. The van der Waals surface area contributed by atoms with Crippen LogP contribution in [0.5, 0.6) is 11.5 Å². The maximum Gasteiger partial charge on any atom is 0.264 e. The van der Waals surface area contributed by atoms with E-state index in [-0.39, 0.29) is 10.7 Å². The van der Waals surface area contributed by atoms with E-state index in [0.29, 0.717) is 33.2 Å². The molecule has 32 heavy (non-hydrogen) atoms. The molecule has 0 radical (unpaired) electrons. The third-order valence-electron chi connectivity index (χ3n) is 4.58. The molecule has 1 aromatic heterocycles. The highest BCUT2D eigenvalue weighted by Crippen LogP contribution is 2.28. The Morgan fingerprint density at radius 3 is 2.28 bits per heavy atom. The maximum absolute atomic E-state index is 12.8. The van der Waals surface area contributed by atoms with Gasteiger partial charge in [0.1, 0.15) is 28.1 Å². The van der Waals surface area contributed by atoms with Crippen LogP contribution in [0.2, 0.25) is 5.02 Å². The van der Waals surface area contributed by atoms with Gasteiger partial charge >= 0.3 is 0 Å². The van der Waals surface area contributed by atoms with Crippen molar-refractivity contribution in [3.63, 3.8) is 0 Å². The monoisotopic (exact) mass is 467 g/mol. The Kier molecular flexibility index (Phi) is 6.20. The standard InChI is InChI=1S/C22H18ClN5O3S/c1-30-18-4-3-5-19(31-2)20(18)21(29)25-22(32)24-14-8-11-16-17(12-14)27-28(26-16)15-9-6-13(23)7-10-15/h3-12H,1-2H3,(H2,24,25,29,32). The van der Waals surface area contributed by atoms with Gasteiger partial charge in [0.05, 0.1) is 19.9 Å². The van der Waals surface area contributed by atoms with E-state index in [1.54, 1.807) is 42.5 Å². The molecular formula is C22H18ClN5O3S. The summed E-state index contributed by atoms with van der Waals surface area (Å²) in [6, 6.07) is 17.7. The van der Waals surface area contributed by atoms with Gasteiger partial charge in [-0.15, -0.1) is 10.2 Å². The molecule has 0 spiro atoms. The molecule has 0 saturated carbocycles. The predicted molar refractivity (Wildman–Crippen MR) is 127 cm³/mol. The number of amides is 1. The Morgan fingerprint density at radius 2 is 1.62 bits per heavy atom. The highest BCUT2D eigenvalue weighted by molar-refractivity contribution is 7.80. The molecule has 0 aliphatic carbocycles. The molecule has 0 bridgehead atoms. The summed E-state index contributed by atoms with van der Waals surface area (Å²) >= 11 is 11.3. The number of aromatic nitrogens is 3. The summed E-state index contributed by atoms with van der Waals surface area (Å²) in [4.78, 5) is 14.3. The number of nitrogens with one attached hydrogen (secondary N) is 2. The normalized spacial score (nSPS) is 10.6. The van der Waals surface area contributed by atoms with Crippen LogP contribution < -0.4 is 20.1 Å². The van der Waals surface area contributed by atoms with Gasteiger partial charge in [0.2, 0.25) is 0 Å². The fourth-order valence-electron chi connectivity index (χ4n) is 3.09. The van der Waals surface area contributed by atoms with Crippen molar-refractivity contribution in [1.82, 2.24) is 20.3 Å². The van der Waals surface area contributed by atoms with Crippen molar-refractivity contribution in [2.75, 3.05) is 19.5 Å². The Bertz CT molecular complexity index is 1280. The minimum absolute atomic E-state index is 0.118. The van der Waals surface area contributed by atoms with Gasteiger partial charge in [0.25, 0.3) is 5.91 Å². The summed E-state index contributed by atoms with van der Waals surface area (Å²) < 4.78 is 10.5. The van der Waals surface area contributed by atoms with E-state index in [9.17, 15) is 4.79 Å². The van der Waals surface area contributed by atoms with Crippen molar-refractivity contribution in [3.8, 4) is 17.2 Å². The van der Waals surface area contributed by atoms with Crippen molar-refractivity contribution in [3.05, 3.63) is 71.2 Å². The molecule has 4 rings (SSSR count). The fraction of sp³-hybridized carbons (Fsp3) is 0.0909. The van der Waals surface area contributed by atoms with Crippen LogP contribution in [-0.4, -0.2) is 40.2 Å². The lowest BCUT2D eigenvalue weighted by Crippen LogP contribution is -2.34. The van der Waals surface area contributed by atoms with Crippen LogP contribution in [0.3, 0.4) is 0 Å². The lowest BCUT2D eigenvalue weighted by molar-refractivity contribution is 0.0971. The number of hydrogen-bond acceptors (Lipinski definition) is 6. The highest BCUT2D eigenvalue weighted by atomic mass is 35.5. The third-order valence-corrected chi connectivity index (χ3v) is 5.03. The number of anilines is 1. The predicted octanol–water partition coefficient (Wildman–Crippen LogP) is 4.22. The van der Waals surface area contributed by atoms with Gasteiger partial charge in [-0.25, -0.2) is 0 Å². The van der Waals surface area contributed by atoms with Gasteiger partial charge in [-0.1, -0.05) is 17.7 Å². The van der Waals surface area contributed by atoms with Gasteiger partial charge in [-0.3, -0.25) is 10.1 Å². The quantitative estimate of drug-likeness (QED) is 0.425. The van der Waals surface area contributed by atoms with Crippen LogP contribution in [0, 0.1) is 0 Å². The van der Waals surface area contributed by atoms with Crippen LogP contribution in [0.15, 0.2) is 60.7 Å². The number of benzene rings is 3. The molecular weight excluding hydrogens is 450 g/mol. The van der Waals surface area contributed by atoms with E-state index < -0.39 is 5.91 Å². The molecule has 4 aromatic rings. The lowest BCUT2D eigenvalue weighted by Gasteiger charge is -2.14. The van der Waals surface area contributed by atoms with Crippen LogP contribution in [0.4, 0.5) is 5.69 Å². The van der Waals surface area contributed by atoms with E-state index in [2.05, 4.69) is 20.8 Å². The number of halogens is 1. The largest absolute Gasteiger partial charge is 0.496 e. The minimum atomic E-state index is -0.452. The van der Waals surface area contributed by atoms with Crippen molar-refractivity contribution >= 4 is 51.6 Å². The maximum atomic E-state index is 12.8. The number of carbonyl (C=O) groups excluding carboxylic acids is 1. The van der Waals surface area contributed by atoms with Crippen molar-refractivity contribution in [1.29, 1.82) is 0 Å². The molecule has 2 N–H and O–H groups in total. The van der Waals surface area contributed by atoms with Crippen LogP contribution in [-0.2, 0) is 0 Å². The highest BCUT2D eigenvalue weighted by Gasteiger charge is 2.19. The first-order valence-electron chi connectivity index (χ1n) is 9.45. The minimum Gasteiger partial charge on any atom is -0.496 e. The number of rotatable bonds is 5. The van der Waals surface area contributed by atoms with E-state index in [1.807, 2.05) is 18.2 Å². The van der Waals surface area contributed by atoms with Crippen molar-refractivity contribution < 1.29 is 14.3 Å². The average molecular weight is 468 g/mol. The fourth-order valence-corrected chi connectivity index (χ4v) is 3.42. The van der Waals surface area contributed by atoms with Gasteiger partial charge in [0.15, 0.2) is 5.11 Å². The molecule has 162 valence electrons. The molecule has 8 nitrogen and oxygen atoms in total. The molecule has 0 saturated heterocycles.